The molecule has 4 nitrogen and oxygen atoms in total. The molecular formula is C11H14BrClN2O2S. The minimum Gasteiger partial charge on any atom is -0.242 e. The first-order chi connectivity index (χ1) is 8.45. The van der Waals surface area contributed by atoms with Gasteiger partial charge in [-0.3, -0.25) is 0 Å². The number of pyridine rings is 1. The molecule has 2 heterocycles. The Bertz CT molecular complexity index is 550. The fraction of sp³-hybridized carbons (Fsp3) is 0.545. The summed E-state index contributed by atoms with van der Waals surface area (Å²) in [6.07, 6.45) is 3.39. The highest BCUT2D eigenvalue weighted by molar-refractivity contribution is 9.10. The third kappa shape index (κ3) is 2.71. The quantitative estimate of drug-likeness (QED) is 0.785. The van der Waals surface area contributed by atoms with E-state index in [1.54, 1.807) is 0 Å². The largest absolute Gasteiger partial charge is 0.246 e. The Morgan fingerprint density at radius 2 is 2.33 bits per heavy atom. The fourth-order valence-corrected chi connectivity index (χ4v) is 4.52. The van der Waals surface area contributed by atoms with Gasteiger partial charge in [-0.2, -0.15) is 4.31 Å². The van der Waals surface area contributed by atoms with E-state index in [0.717, 1.165) is 12.8 Å². The molecule has 1 atom stereocenters. The molecule has 7 heteroatoms. The van der Waals surface area contributed by atoms with Crippen LogP contribution in [0, 0.1) is 5.92 Å². The standard InChI is InChI=1S/C11H14BrClN2O2S/c1-2-8-3-4-15(7-8)18(16,17)10-5-9(12)6-14-11(10)13/h5-6,8H,2-4,7H2,1H3. The molecular weight excluding hydrogens is 340 g/mol. The Balaban J connectivity index is 2.34. The summed E-state index contributed by atoms with van der Waals surface area (Å²) in [5.41, 5.74) is 0. The molecule has 1 aromatic rings. The molecule has 1 saturated heterocycles. The summed E-state index contributed by atoms with van der Waals surface area (Å²) in [6.45, 7) is 3.21. The van der Waals surface area contributed by atoms with Gasteiger partial charge in [0.25, 0.3) is 0 Å². The van der Waals surface area contributed by atoms with Crippen LogP contribution >= 0.6 is 27.5 Å². The lowest BCUT2D eigenvalue weighted by atomic mass is 10.1. The van der Waals surface area contributed by atoms with Crippen LogP contribution in [0.3, 0.4) is 0 Å². The van der Waals surface area contributed by atoms with Gasteiger partial charge in [-0.15, -0.1) is 0 Å². The van der Waals surface area contributed by atoms with Gasteiger partial charge in [0, 0.05) is 23.8 Å². The lowest BCUT2D eigenvalue weighted by molar-refractivity contribution is 0.452. The Morgan fingerprint density at radius 1 is 1.61 bits per heavy atom. The van der Waals surface area contributed by atoms with Gasteiger partial charge in [0.05, 0.1) is 0 Å². The summed E-state index contributed by atoms with van der Waals surface area (Å²) < 4.78 is 27.0. The van der Waals surface area contributed by atoms with Crippen molar-refractivity contribution in [2.75, 3.05) is 13.1 Å². The van der Waals surface area contributed by atoms with Crippen molar-refractivity contribution < 1.29 is 8.42 Å². The van der Waals surface area contributed by atoms with Crippen LogP contribution in [-0.4, -0.2) is 30.8 Å². The van der Waals surface area contributed by atoms with E-state index in [1.807, 2.05) is 0 Å². The van der Waals surface area contributed by atoms with Crippen LogP contribution in [0.5, 0.6) is 0 Å². The van der Waals surface area contributed by atoms with Crippen LogP contribution in [0.2, 0.25) is 5.15 Å². The van der Waals surface area contributed by atoms with Crippen molar-refractivity contribution in [1.29, 1.82) is 0 Å². The van der Waals surface area contributed by atoms with Crippen LogP contribution in [0.25, 0.3) is 0 Å². The third-order valence-corrected chi connectivity index (χ3v) is 5.94. The second kappa shape index (κ2) is 5.45. The van der Waals surface area contributed by atoms with Gasteiger partial charge >= 0.3 is 0 Å². The number of rotatable bonds is 3. The molecule has 1 unspecified atom stereocenters. The molecule has 0 N–H and O–H groups in total. The Kier molecular flexibility index (Phi) is 4.31. The van der Waals surface area contributed by atoms with Crippen LogP contribution in [-0.2, 0) is 10.0 Å². The van der Waals surface area contributed by atoms with Crippen molar-refractivity contribution in [2.45, 2.75) is 24.7 Å². The molecule has 2 rings (SSSR count). The molecule has 1 aliphatic heterocycles. The van der Waals surface area contributed by atoms with Gasteiger partial charge in [-0.25, -0.2) is 13.4 Å². The summed E-state index contributed by atoms with van der Waals surface area (Å²) in [6, 6.07) is 1.50. The van der Waals surface area contributed by atoms with E-state index in [1.165, 1.54) is 16.6 Å². The highest BCUT2D eigenvalue weighted by Gasteiger charge is 2.33. The lowest BCUT2D eigenvalue weighted by Crippen LogP contribution is -2.29. The minimum absolute atomic E-state index is 0.0261. The zero-order valence-electron chi connectivity index (χ0n) is 9.94. The fourth-order valence-electron chi connectivity index (χ4n) is 2.07. The molecule has 100 valence electrons. The summed E-state index contributed by atoms with van der Waals surface area (Å²) in [7, 11) is -3.53. The number of sulfonamides is 1. The van der Waals surface area contributed by atoms with Gasteiger partial charge < -0.3 is 0 Å². The van der Waals surface area contributed by atoms with Crippen LogP contribution in [0.4, 0.5) is 0 Å². The summed E-state index contributed by atoms with van der Waals surface area (Å²) in [5, 5.41) is 0.0261. The van der Waals surface area contributed by atoms with Gasteiger partial charge in [0.15, 0.2) is 0 Å². The van der Waals surface area contributed by atoms with E-state index in [0.29, 0.717) is 23.5 Å². The van der Waals surface area contributed by atoms with E-state index in [2.05, 4.69) is 27.8 Å². The monoisotopic (exact) mass is 352 g/mol. The zero-order chi connectivity index (χ0) is 13.3. The summed E-state index contributed by atoms with van der Waals surface area (Å²) >= 11 is 9.11. The molecule has 18 heavy (non-hydrogen) atoms. The number of hydrogen-bond donors (Lipinski definition) is 0. The predicted molar refractivity (Wildman–Crippen MR) is 74.1 cm³/mol. The van der Waals surface area contributed by atoms with Crippen LogP contribution < -0.4 is 0 Å². The minimum atomic E-state index is -3.53. The average molecular weight is 354 g/mol. The first-order valence-electron chi connectivity index (χ1n) is 5.76. The number of aromatic nitrogens is 1. The smallest absolute Gasteiger partial charge is 0.242 e. The number of halogens is 2. The molecule has 0 aliphatic carbocycles. The van der Waals surface area contributed by atoms with Gasteiger partial charge in [0.2, 0.25) is 10.0 Å². The van der Waals surface area contributed by atoms with Gasteiger partial charge in [0.1, 0.15) is 10.0 Å². The molecule has 1 fully saturated rings. The molecule has 0 radical (unpaired) electrons. The van der Waals surface area contributed by atoms with Crippen LogP contribution in [0.1, 0.15) is 19.8 Å². The number of hydrogen-bond acceptors (Lipinski definition) is 3. The first-order valence-corrected chi connectivity index (χ1v) is 8.37. The summed E-state index contributed by atoms with van der Waals surface area (Å²) in [4.78, 5) is 3.95. The molecule has 0 amide bonds. The van der Waals surface area contributed by atoms with Crippen molar-refractivity contribution in [3.05, 3.63) is 21.9 Å². The second-order valence-electron chi connectivity index (χ2n) is 4.37. The molecule has 1 aliphatic rings. The summed E-state index contributed by atoms with van der Waals surface area (Å²) in [5.74, 6) is 0.443. The highest BCUT2D eigenvalue weighted by Crippen LogP contribution is 2.30. The van der Waals surface area contributed by atoms with E-state index in [4.69, 9.17) is 11.6 Å². The van der Waals surface area contributed by atoms with E-state index < -0.39 is 10.0 Å². The normalized spacial score (nSPS) is 21.4. The van der Waals surface area contributed by atoms with Crippen LogP contribution in [0.15, 0.2) is 21.6 Å². The maximum absolute atomic E-state index is 12.4. The van der Waals surface area contributed by atoms with E-state index in [9.17, 15) is 8.42 Å². The predicted octanol–water partition coefficient (Wildman–Crippen LogP) is 2.92. The SMILES string of the molecule is CCC1CCN(S(=O)(=O)c2cc(Br)cnc2Cl)C1. The van der Waals surface area contributed by atoms with Crippen molar-refractivity contribution in [1.82, 2.24) is 9.29 Å². The zero-order valence-corrected chi connectivity index (χ0v) is 13.1. The van der Waals surface area contributed by atoms with Crippen molar-refractivity contribution >= 4 is 37.6 Å². The maximum atomic E-state index is 12.4. The van der Waals surface area contributed by atoms with Crippen molar-refractivity contribution in [2.24, 2.45) is 5.92 Å². The number of nitrogens with zero attached hydrogens (tertiary/aromatic N) is 2. The van der Waals surface area contributed by atoms with E-state index in [-0.39, 0.29) is 10.0 Å². The molecule has 0 spiro atoms. The molecule has 0 bridgehead atoms. The molecule has 0 aromatic carbocycles. The van der Waals surface area contributed by atoms with Gasteiger partial charge in [-0.1, -0.05) is 24.9 Å². The Hall–Kier alpha value is -0.170. The molecule has 1 aromatic heterocycles. The Labute approximate surface area is 121 Å². The van der Waals surface area contributed by atoms with Crippen molar-refractivity contribution in [3.8, 4) is 0 Å². The molecule has 0 saturated carbocycles. The third-order valence-electron chi connectivity index (χ3n) is 3.22. The lowest BCUT2D eigenvalue weighted by Gasteiger charge is -2.17. The van der Waals surface area contributed by atoms with Gasteiger partial charge in [-0.05, 0) is 34.3 Å². The van der Waals surface area contributed by atoms with E-state index >= 15 is 0 Å². The Morgan fingerprint density at radius 3 is 2.94 bits per heavy atom. The topological polar surface area (TPSA) is 50.3 Å². The first kappa shape index (κ1) is 14.2. The van der Waals surface area contributed by atoms with Crippen molar-refractivity contribution in [3.63, 3.8) is 0 Å². The maximum Gasteiger partial charge on any atom is 0.246 e. The highest BCUT2D eigenvalue weighted by atomic mass is 79.9. The average Bonchev–Trinajstić information content (AvgIpc) is 2.81. The second-order valence-corrected chi connectivity index (χ2v) is 7.55.